The van der Waals surface area contributed by atoms with Crippen LogP contribution < -0.4 is 10.6 Å². The quantitative estimate of drug-likeness (QED) is 0.471. The van der Waals surface area contributed by atoms with Gasteiger partial charge in [0.1, 0.15) is 0 Å². The molecule has 1 aliphatic rings. The Labute approximate surface area is 90.2 Å². The zero-order chi connectivity index (χ0) is 11.9. The number of nitrogens with two attached hydrogens (primary N) is 1. The number of benzene rings is 1. The lowest BCUT2D eigenvalue weighted by atomic mass is 10.2. The number of anilines is 2. The Bertz CT molecular complexity index is 480. The van der Waals surface area contributed by atoms with Crippen molar-refractivity contribution in [3.05, 3.63) is 35.8 Å². The molecule has 4 N–H and O–H groups in total. The molecule has 6 nitrogen and oxygen atoms in total. The molecule has 0 unspecified atom stereocenters. The van der Waals surface area contributed by atoms with Crippen LogP contribution >= 0.6 is 0 Å². The lowest BCUT2D eigenvalue weighted by Crippen LogP contribution is -2.31. The van der Waals surface area contributed by atoms with E-state index in [4.69, 9.17) is 15.9 Å². The molecule has 2 rings (SSSR count). The van der Waals surface area contributed by atoms with Gasteiger partial charge in [0.05, 0.1) is 5.69 Å². The third-order valence-corrected chi connectivity index (χ3v) is 2.19. The maximum atomic E-state index is 11.4. The SMILES string of the molecule is Nc1ccc(N2C(=O)C(O)=C(O)C2=O)cc1. The molecule has 0 aromatic heterocycles. The molecule has 0 aliphatic carbocycles. The van der Waals surface area contributed by atoms with Gasteiger partial charge in [-0.1, -0.05) is 0 Å². The van der Waals surface area contributed by atoms with E-state index < -0.39 is 23.3 Å². The second-order valence-electron chi connectivity index (χ2n) is 3.23. The summed E-state index contributed by atoms with van der Waals surface area (Å²) >= 11 is 0. The fourth-order valence-electron chi connectivity index (χ4n) is 1.36. The van der Waals surface area contributed by atoms with E-state index >= 15 is 0 Å². The number of nitrogens with zero attached hydrogens (tertiary/aromatic N) is 1. The number of amides is 2. The molecule has 0 fully saturated rings. The summed E-state index contributed by atoms with van der Waals surface area (Å²) in [6.45, 7) is 0. The van der Waals surface area contributed by atoms with Crippen LogP contribution in [-0.2, 0) is 9.59 Å². The average Bonchev–Trinajstić information content (AvgIpc) is 2.46. The van der Waals surface area contributed by atoms with E-state index in [1.165, 1.54) is 24.3 Å². The average molecular weight is 220 g/mol. The molecule has 1 aromatic rings. The molecule has 82 valence electrons. The number of carbonyl (C=O) groups excluding carboxylic acids is 2. The van der Waals surface area contributed by atoms with Crippen LogP contribution in [0.3, 0.4) is 0 Å². The molecule has 0 saturated carbocycles. The fraction of sp³-hybridized carbons (Fsp3) is 0. The van der Waals surface area contributed by atoms with Crippen LogP contribution in [-0.4, -0.2) is 22.0 Å². The highest BCUT2D eigenvalue weighted by atomic mass is 16.3. The molecule has 16 heavy (non-hydrogen) atoms. The molecule has 0 saturated heterocycles. The van der Waals surface area contributed by atoms with Gasteiger partial charge in [-0.15, -0.1) is 0 Å². The van der Waals surface area contributed by atoms with E-state index in [1.54, 1.807) is 0 Å². The largest absolute Gasteiger partial charge is 0.500 e. The molecule has 1 aliphatic heterocycles. The van der Waals surface area contributed by atoms with Gasteiger partial charge >= 0.3 is 11.8 Å². The fourth-order valence-corrected chi connectivity index (χ4v) is 1.36. The molecular weight excluding hydrogens is 212 g/mol. The summed E-state index contributed by atoms with van der Waals surface area (Å²) < 4.78 is 0. The topological polar surface area (TPSA) is 104 Å². The van der Waals surface area contributed by atoms with Crippen molar-refractivity contribution in [3.8, 4) is 0 Å². The second-order valence-corrected chi connectivity index (χ2v) is 3.23. The highest BCUT2D eigenvalue weighted by molar-refractivity contribution is 6.31. The summed E-state index contributed by atoms with van der Waals surface area (Å²) in [5.74, 6) is -3.79. The van der Waals surface area contributed by atoms with E-state index in [0.717, 1.165) is 0 Å². The Kier molecular flexibility index (Phi) is 2.05. The maximum absolute atomic E-state index is 11.4. The van der Waals surface area contributed by atoms with Gasteiger partial charge in [-0.3, -0.25) is 9.59 Å². The van der Waals surface area contributed by atoms with Crippen molar-refractivity contribution < 1.29 is 19.8 Å². The first kappa shape index (κ1) is 10.0. The van der Waals surface area contributed by atoms with Gasteiger partial charge in [0.2, 0.25) is 11.5 Å². The van der Waals surface area contributed by atoms with Crippen LogP contribution in [0.5, 0.6) is 0 Å². The van der Waals surface area contributed by atoms with E-state index in [2.05, 4.69) is 0 Å². The Hall–Kier alpha value is -2.50. The number of hydrogen-bond donors (Lipinski definition) is 3. The molecule has 6 heteroatoms. The van der Waals surface area contributed by atoms with Crippen molar-refractivity contribution >= 4 is 23.2 Å². The Morgan fingerprint density at radius 1 is 0.938 bits per heavy atom. The lowest BCUT2D eigenvalue weighted by Gasteiger charge is -2.13. The Balaban J connectivity index is 2.42. The summed E-state index contributed by atoms with van der Waals surface area (Å²) in [6.07, 6.45) is 0. The molecule has 0 spiro atoms. The van der Waals surface area contributed by atoms with Gasteiger partial charge in [0, 0.05) is 5.69 Å². The molecular formula is C10H8N2O4. The maximum Gasteiger partial charge on any atom is 0.304 e. The highest BCUT2D eigenvalue weighted by Crippen LogP contribution is 2.25. The lowest BCUT2D eigenvalue weighted by molar-refractivity contribution is -0.122. The van der Waals surface area contributed by atoms with Crippen molar-refractivity contribution in [2.45, 2.75) is 0 Å². The first-order valence-electron chi connectivity index (χ1n) is 4.39. The first-order chi connectivity index (χ1) is 7.52. The number of imide groups is 1. The Morgan fingerprint density at radius 3 is 1.81 bits per heavy atom. The summed E-state index contributed by atoms with van der Waals surface area (Å²) in [7, 11) is 0. The smallest absolute Gasteiger partial charge is 0.304 e. The van der Waals surface area contributed by atoms with Crippen molar-refractivity contribution in [2.24, 2.45) is 0 Å². The van der Waals surface area contributed by atoms with Crippen molar-refractivity contribution in [3.63, 3.8) is 0 Å². The number of aliphatic hydroxyl groups is 2. The summed E-state index contributed by atoms with van der Waals surface area (Å²) in [5.41, 5.74) is 6.16. The number of rotatable bonds is 1. The second kappa shape index (κ2) is 3.27. The number of aliphatic hydroxyl groups excluding tert-OH is 2. The Morgan fingerprint density at radius 2 is 1.38 bits per heavy atom. The van der Waals surface area contributed by atoms with Crippen LogP contribution in [0.15, 0.2) is 35.8 Å². The minimum atomic E-state index is -0.952. The molecule has 2 amide bonds. The zero-order valence-corrected chi connectivity index (χ0v) is 8.04. The van der Waals surface area contributed by atoms with Crippen LogP contribution in [0, 0.1) is 0 Å². The van der Waals surface area contributed by atoms with Gasteiger partial charge in [-0.2, -0.15) is 0 Å². The summed E-state index contributed by atoms with van der Waals surface area (Å²) in [4.78, 5) is 23.5. The standard InChI is InChI=1S/C10H8N2O4/c11-5-1-3-6(4-2-5)12-9(15)7(13)8(14)10(12)16/h1-4,13-14H,11H2. The third kappa shape index (κ3) is 1.28. The van der Waals surface area contributed by atoms with E-state index in [0.29, 0.717) is 10.6 Å². The van der Waals surface area contributed by atoms with E-state index in [1.807, 2.05) is 0 Å². The van der Waals surface area contributed by atoms with Crippen molar-refractivity contribution in [1.29, 1.82) is 0 Å². The molecule has 0 bridgehead atoms. The van der Waals surface area contributed by atoms with Crippen LogP contribution in [0.25, 0.3) is 0 Å². The number of nitrogen functional groups attached to an aromatic ring is 1. The van der Waals surface area contributed by atoms with Crippen molar-refractivity contribution in [2.75, 3.05) is 10.6 Å². The predicted molar refractivity (Wildman–Crippen MR) is 55.6 cm³/mol. The number of carbonyl (C=O) groups is 2. The first-order valence-corrected chi connectivity index (χ1v) is 4.39. The van der Waals surface area contributed by atoms with E-state index in [-0.39, 0.29) is 5.69 Å². The van der Waals surface area contributed by atoms with E-state index in [9.17, 15) is 9.59 Å². The van der Waals surface area contributed by atoms with Gasteiger partial charge in [0.25, 0.3) is 0 Å². The molecule has 0 atom stereocenters. The summed E-state index contributed by atoms with van der Waals surface area (Å²) in [6, 6.07) is 5.89. The van der Waals surface area contributed by atoms with Crippen LogP contribution in [0.2, 0.25) is 0 Å². The summed E-state index contributed by atoms with van der Waals surface area (Å²) in [5, 5.41) is 18.2. The minimum Gasteiger partial charge on any atom is -0.500 e. The van der Waals surface area contributed by atoms with Gasteiger partial charge in [-0.25, -0.2) is 4.90 Å². The molecule has 1 heterocycles. The molecule has 0 radical (unpaired) electrons. The predicted octanol–water partition coefficient (Wildman–Crippen LogP) is 0.470. The molecule has 1 aromatic carbocycles. The highest BCUT2D eigenvalue weighted by Gasteiger charge is 2.39. The minimum absolute atomic E-state index is 0.236. The number of hydrogen-bond acceptors (Lipinski definition) is 5. The zero-order valence-electron chi connectivity index (χ0n) is 8.04. The third-order valence-electron chi connectivity index (χ3n) is 2.19. The monoisotopic (exact) mass is 220 g/mol. The normalized spacial score (nSPS) is 16.1. The van der Waals surface area contributed by atoms with Crippen LogP contribution in [0.1, 0.15) is 0 Å². The van der Waals surface area contributed by atoms with Gasteiger partial charge in [0.15, 0.2) is 0 Å². The van der Waals surface area contributed by atoms with Gasteiger partial charge in [-0.05, 0) is 24.3 Å². The van der Waals surface area contributed by atoms with Crippen LogP contribution in [0.4, 0.5) is 11.4 Å². The van der Waals surface area contributed by atoms with Gasteiger partial charge < -0.3 is 15.9 Å². The van der Waals surface area contributed by atoms with Crippen molar-refractivity contribution in [1.82, 2.24) is 0 Å².